The predicted molar refractivity (Wildman–Crippen MR) is 113 cm³/mol. The van der Waals surface area contributed by atoms with Crippen LogP contribution in [0, 0.1) is 0 Å². The first-order chi connectivity index (χ1) is 12.8. The lowest BCUT2D eigenvalue weighted by Crippen LogP contribution is -2.31. The fourth-order valence-electron chi connectivity index (χ4n) is 4.05. The van der Waals surface area contributed by atoms with Crippen LogP contribution in [0.3, 0.4) is 0 Å². The molecule has 0 aliphatic carbocycles. The molecule has 0 bridgehead atoms. The van der Waals surface area contributed by atoms with Crippen molar-refractivity contribution in [3.8, 4) is 11.1 Å². The number of aromatic amines is 1. The third kappa shape index (κ3) is 3.67. The van der Waals surface area contributed by atoms with Crippen LogP contribution in [-0.2, 0) is 12.0 Å². The molecular formula is C24H30N2O. The highest BCUT2D eigenvalue weighted by Gasteiger charge is 2.29. The van der Waals surface area contributed by atoms with E-state index in [1.165, 1.54) is 33.3 Å². The second-order valence-corrected chi connectivity index (χ2v) is 8.99. The molecule has 0 amide bonds. The zero-order valence-electron chi connectivity index (χ0n) is 16.8. The van der Waals surface area contributed by atoms with E-state index in [1.54, 1.807) is 0 Å². The summed E-state index contributed by atoms with van der Waals surface area (Å²) in [6, 6.07) is 18.0. The van der Waals surface area contributed by atoms with Gasteiger partial charge in [-0.2, -0.15) is 0 Å². The highest BCUT2D eigenvalue weighted by Crippen LogP contribution is 2.30. The maximum Gasteiger partial charge on any atom is 0.0705 e. The Balaban J connectivity index is 1.62. The number of aliphatic hydroxyl groups excluding tert-OH is 1. The predicted octanol–water partition coefficient (Wildman–Crippen LogP) is 5.09. The summed E-state index contributed by atoms with van der Waals surface area (Å²) >= 11 is 0. The van der Waals surface area contributed by atoms with Crippen molar-refractivity contribution >= 4 is 10.9 Å². The summed E-state index contributed by atoms with van der Waals surface area (Å²) in [7, 11) is 0. The molecule has 4 rings (SSSR count). The van der Waals surface area contributed by atoms with E-state index in [4.69, 9.17) is 0 Å². The summed E-state index contributed by atoms with van der Waals surface area (Å²) in [4.78, 5) is 5.90. The van der Waals surface area contributed by atoms with E-state index < -0.39 is 0 Å². The van der Waals surface area contributed by atoms with E-state index in [1.807, 2.05) is 0 Å². The number of likely N-dealkylation sites (tertiary alicyclic amines) is 1. The molecule has 1 aliphatic rings. The van der Waals surface area contributed by atoms with Crippen LogP contribution in [-0.4, -0.2) is 33.7 Å². The number of hydrogen-bond acceptors (Lipinski definition) is 2. The van der Waals surface area contributed by atoms with Gasteiger partial charge in [0.2, 0.25) is 0 Å². The van der Waals surface area contributed by atoms with Crippen LogP contribution >= 0.6 is 0 Å². The summed E-state index contributed by atoms with van der Waals surface area (Å²) in [5.74, 6) is 0. The number of rotatable bonds is 3. The first-order valence-electron chi connectivity index (χ1n) is 9.96. The quantitative estimate of drug-likeness (QED) is 0.681. The van der Waals surface area contributed by atoms with Gasteiger partial charge in [0.05, 0.1) is 6.10 Å². The number of fused-ring (bicyclic) bond motifs is 1. The molecule has 1 saturated heterocycles. The van der Waals surface area contributed by atoms with Gasteiger partial charge in [-0.25, -0.2) is 0 Å². The molecule has 1 unspecified atom stereocenters. The molecule has 1 fully saturated rings. The van der Waals surface area contributed by atoms with Gasteiger partial charge in [0, 0.05) is 35.7 Å². The van der Waals surface area contributed by atoms with Crippen LogP contribution in [0.1, 0.15) is 45.4 Å². The number of nitrogens with one attached hydrogen (secondary N) is 1. The van der Waals surface area contributed by atoms with Crippen LogP contribution in [0.5, 0.6) is 0 Å². The minimum atomic E-state index is -0.198. The minimum Gasteiger partial charge on any atom is -0.391 e. The number of aliphatic hydroxyl groups is 1. The van der Waals surface area contributed by atoms with Crippen LogP contribution in [0.2, 0.25) is 0 Å². The van der Waals surface area contributed by atoms with Gasteiger partial charge in [0.1, 0.15) is 0 Å². The van der Waals surface area contributed by atoms with Gasteiger partial charge in [-0.1, -0.05) is 51.1 Å². The normalized spacial score (nSPS) is 21.2. The molecule has 2 atom stereocenters. The summed E-state index contributed by atoms with van der Waals surface area (Å²) in [5.41, 5.74) is 6.42. The van der Waals surface area contributed by atoms with Crippen molar-refractivity contribution in [1.29, 1.82) is 0 Å². The third-order valence-electron chi connectivity index (χ3n) is 5.96. The van der Waals surface area contributed by atoms with Crippen molar-refractivity contribution < 1.29 is 5.11 Å². The molecule has 27 heavy (non-hydrogen) atoms. The van der Waals surface area contributed by atoms with Gasteiger partial charge in [0.15, 0.2) is 0 Å². The smallest absolute Gasteiger partial charge is 0.0705 e. The van der Waals surface area contributed by atoms with Crippen LogP contribution in [0.4, 0.5) is 0 Å². The molecule has 2 N–H and O–H groups in total. The van der Waals surface area contributed by atoms with Crippen molar-refractivity contribution in [2.45, 2.75) is 58.2 Å². The highest BCUT2D eigenvalue weighted by molar-refractivity contribution is 5.86. The highest BCUT2D eigenvalue weighted by atomic mass is 16.3. The molecule has 2 aromatic carbocycles. The van der Waals surface area contributed by atoms with E-state index in [9.17, 15) is 5.11 Å². The van der Waals surface area contributed by atoms with Crippen LogP contribution < -0.4 is 0 Å². The van der Waals surface area contributed by atoms with Crippen molar-refractivity contribution in [3.05, 3.63) is 59.8 Å². The van der Waals surface area contributed by atoms with Gasteiger partial charge in [-0.15, -0.1) is 0 Å². The molecule has 0 radical (unpaired) electrons. The topological polar surface area (TPSA) is 39.3 Å². The van der Waals surface area contributed by atoms with Gasteiger partial charge in [0.25, 0.3) is 0 Å². The van der Waals surface area contributed by atoms with E-state index >= 15 is 0 Å². The lowest BCUT2D eigenvalue weighted by molar-refractivity contribution is 0.123. The Morgan fingerprint density at radius 1 is 1.07 bits per heavy atom. The molecule has 3 heteroatoms. The van der Waals surface area contributed by atoms with E-state index in [2.05, 4.69) is 86.1 Å². The van der Waals surface area contributed by atoms with Crippen LogP contribution in [0.25, 0.3) is 22.0 Å². The number of H-pyrrole nitrogens is 1. The first-order valence-corrected chi connectivity index (χ1v) is 9.96. The summed E-state index contributed by atoms with van der Waals surface area (Å²) < 4.78 is 0. The first kappa shape index (κ1) is 18.3. The Bertz CT molecular complexity index is 950. The van der Waals surface area contributed by atoms with Gasteiger partial charge in [-0.05, 0) is 53.6 Å². The number of benzene rings is 2. The maximum absolute atomic E-state index is 9.98. The molecule has 1 aromatic heterocycles. The maximum atomic E-state index is 9.98. The van der Waals surface area contributed by atoms with Crippen molar-refractivity contribution in [1.82, 2.24) is 9.88 Å². The SMILES string of the molecule is C[C@@H]1C(O)CCN1Cc1cc2cc(-c3cccc(C(C)(C)C)c3)ccc2[nH]1. The summed E-state index contributed by atoms with van der Waals surface area (Å²) in [5, 5.41) is 11.2. The van der Waals surface area contributed by atoms with Gasteiger partial charge >= 0.3 is 0 Å². The lowest BCUT2D eigenvalue weighted by atomic mass is 9.85. The zero-order chi connectivity index (χ0) is 19.2. The Labute approximate surface area is 162 Å². The Hall–Kier alpha value is -2.10. The van der Waals surface area contributed by atoms with Gasteiger partial charge < -0.3 is 10.1 Å². The molecule has 0 saturated carbocycles. The molecule has 3 nitrogen and oxygen atoms in total. The minimum absolute atomic E-state index is 0.151. The van der Waals surface area contributed by atoms with E-state index in [-0.39, 0.29) is 17.6 Å². The standard InChI is InChI=1S/C24H30N2O/c1-16-23(27)10-11-26(16)15-21-14-19-12-18(8-9-22(19)25-21)17-6-5-7-20(13-17)24(2,3)4/h5-9,12-14,16,23,25,27H,10-11,15H2,1-4H3/t16-,23?/m1/s1. The molecule has 142 valence electrons. The average molecular weight is 363 g/mol. The molecule has 1 aliphatic heterocycles. The van der Waals surface area contributed by atoms with E-state index in [0.29, 0.717) is 0 Å². The second kappa shape index (κ2) is 6.81. The number of hydrogen-bond donors (Lipinski definition) is 2. The lowest BCUT2D eigenvalue weighted by Gasteiger charge is -2.21. The monoisotopic (exact) mass is 362 g/mol. The average Bonchev–Trinajstić information content (AvgIpc) is 3.18. The molecule has 3 aromatic rings. The number of nitrogens with zero attached hydrogens (tertiary/aromatic N) is 1. The van der Waals surface area contributed by atoms with Crippen molar-refractivity contribution in [2.24, 2.45) is 0 Å². The fraction of sp³-hybridized carbons (Fsp3) is 0.417. The zero-order valence-corrected chi connectivity index (χ0v) is 16.8. The Morgan fingerprint density at radius 2 is 1.85 bits per heavy atom. The fourth-order valence-corrected chi connectivity index (χ4v) is 4.05. The van der Waals surface area contributed by atoms with E-state index in [0.717, 1.165) is 19.5 Å². The summed E-state index contributed by atoms with van der Waals surface area (Å²) in [6.45, 7) is 10.7. The van der Waals surface area contributed by atoms with Gasteiger partial charge in [-0.3, -0.25) is 4.90 Å². The molecular weight excluding hydrogens is 332 g/mol. The number of aromatic nitrogens is 1. The van der Waals surface area contributed by atoms with Crippen LogP contribution in [0.15, 0.2) is 48.5 Å². The summed E-state index contributed by atoms with van der Waals surface area (Å²) in [6.07, 6.45) is 0.673. The largest absolute Gasteiger partial charge is 0.391 e. The Morgan fingerprint density at radius 3 is 2.56 bits per heavy atom. The van der Waals surface area contributed by atoms with Crippen molar-refractivity contribution in [2.75, 3.05) is 6.54 Å². The second-order valence-electron chi connectivity index (χ2n) is 8.99. The Kier molecular flexibility index (Phi) is 4.61. The third-order valence-corrected chi connectivity index (χ3v) is 5.96. The molecule has 0 spiro atoms. The van der Waals surface area contributed by atoms with Crippen molar-refractivity contribution in [3.63, 3.8) is 0 Å². The molecule has 2 heterocycles.